The Balaban J connectivity index is 5.12. The SMILES string of the molecule is CC(NC(=O)C(CC(N)=O)NC(=O)C(N)CC(N)=O)C(=O)NC(CC(N)=O)C(=O)O. The van der Waals surface area contributed by atoms with Crippen LogP contribution in [0.4, 0.5) is 0 Å². The molecule has 0 aromatic rings. The van der Waals surface area contributed by atoms with Gasteiger partial charge in [-0.3, -0.25) is 28.8 Å². The highest BCUT2D eigenvalue weighted by Gasteiger charge is 2.30. The summed E-state index contributed by atoms with van der Waals surface area (Å²) in [6, 6.07) is -5.89. The molecular formula is C15H25N7O8. The summed E-state index contributed by atoms with van der Waals surface area (Å²) in [7, 11) is 0. The maximum atomic E-state index is 12.3. The molecule has 15 nitrogen and oxygen atoms in total. The number of carbonyl (C=O) groups is 7. The minimum atomic E-state index is -1.62. The number of nitrogens with two attached hydrogens (primary N) is 4. The van der Waals surface area contributed by atoms with Gasteiger partial charge in [0.15, 0.2) is 0 Å². The van der Waals surface area contributed by atoms with E-state index in [1.165, 1.54) is 6.92 Å². The number of carboxylic acids is 1. The smallest absolute Gasteiger partial charge is 0.326 e. The monoisotopic (exact) mass is 431 g/mol. The van der Waals surface area contributed by atoms with Gasteiger partial charge in [0.25, 0.3) is 0 Å². The first-order valence-electron chi connectivity index (χ1n) is 8.49. The van der Waals surface area contributed by atoms with Crippen LogP contribution in [0.2, 0.25) is 0 Å². The van der Waals surface area contributed by atoms with Gasteiger partial charge in [0, 0.05) is 0 Å². The molecule has 0 saturated carbocycles. The fraction of sp³-hybridized carbons (Fsp3) is 0.533. The second kappa shape index (κ2) is 11.9. The first-order valence-corrected chi connectivity index (χ1v) is 8.49. The summed E-state index contributed by atoms with van der Waals surface area (Å²) in [5.41, 5.74) is 20.3. The summed E-state index contributed by atoms with van der Waals surface area (Å²) in [6.07, 6.45) is -1.86. The summed E-state index contributed by atoms with van der Waals surface area (Å²) in [5, 5.41) is 15.3. The minimum Gasteiger partial charge on any atom is -0.480 e. The summed E-state index contributed by atoms with van der Waals surface area (Å²) < 4.78 is 0. The van der Waals surface area contributed by atoms with Crippen molar-refractivity contribution in [3.05, 3.63) is 0 Å². The molecule has 4 atom stereocenters. The summed E-state index contributed by atoms with van der Waals surface area (Å²) in [6.45, 7) is 1.18. The van der Waals surface area contributed by atoms with E-state index in [1.807, 2.05) is 5.32 Å². The molecule has 30 heavy (non-hydrogen) atoms. The Morgan fingerprint density at radius 3 is 1.57 bits per heavy atom. The van der Waals surface area contributed by atoms with Crippen LogP contribution in [0.15, 0.2) is 0 Å². The lowest BCUT2D eigenvalue weighted by atomic mass is 10.1. The lowest BCUT2D eigenvalue weighted by Gasteiger charge is -2.22. The van der Waals surface area contributed by atoms with Crippen LogP contribution in [0.1, 0.15) is 26.2 Å². The molecular weight excluding hydrogens is 406 g/mol. The van der Waals surface area contributed by atoms with Crippen LogP contribution in [-0.4, -0.2) is 70.7 Å². The number of aliphatic carboxylic acids is 1. The quantitative estimate of drug-likeness (QED) is 0.138. The number of carboxylic acid groups (broad SMARTS) is 1. The van der Waals surface area contributed by atoms with Crippen molar-refractivity contribution in [1.82, 2.24) is 16.0 Å². The maximum Gasteiger partial charge on any atom is 0.326 e. The molecule has 0 spiro atoms. The zero-order chi connectivity index (χ0) is 23.6. The van der Waals surface area contributed by atoms with Gasteiger partial charge in [-0.05, 0) is 6.92 Å². The topological polar surface area (TPSA) is 280 Å². The van der Waals surface area contributed by atoms with Crippen molar-refractivity contribution >= 4 is 41.4 Å². The average Bonchev–Trinajstić information content (AvgIpc) is 2.58. The molecule has 0 aliphatic rings. The molecule has 0 rings (SSSR count). The van der Waals surface area contributed by atoms with E-state index in [9.17, 15) is 33.6 Å². The lowest BCUT2D eigenvalue weighted by molar-refractivity contribution is -0.143. The molecule has 0 aromatic heterocycles. The zero-order valence-electron chi connectivity index (χ0n) is 16.0. The van der Waals surface area contributed by atoms with E-state index in [4.69, 9.17) is 28.0 Å². The zero-order valence-corrected chi connectivity index (χ0v) is 16.0. The molecule has 0 saturated heterocycles. The van der Waals surface area contributed by atoms with Crippen molar-refractivity contribution in [1.29, 1.82) is 0 Å². The highest BCUT2D eigenvalue weighted by molar-refractivity contribution is 5.97. The van der Waals surface area contributed by atoms with E-state index in [0.29, 0.717) is 0 Å². The Labute approximate surface area is 170 Å². The number of primary amides is 3. The van der Waals surface area contributed by atoms with Crippen LogP contribution in [-0.2, 0) is 33.6 Å². The van der Waals surface area contributed by atoms with Gasteiger partial charge in [0.1, 0.15) is 18.1 Å². The number of rotatable bonds is 13. The number of amides is 6. The predicted octanol–water partition coefficient (Wildman–Crippen LogP) is -5.50. The molecule has 0 aliphatic heterocycles. The van der Waals surface area contributed by atoms with E-state index in [-0.39, 0.29) is 0 Å². The van der Waals surface area contributed by atoms with Crippen molar-refractivity contribution in [2.45, 2.75) is 50.4 Å². The van der Waals surface area contributed by atoms with E-state index >= 15 is 0 Å². The third-order valence-electron chi connectivity index (χ3n) is 3.57. The number of carbonyl (C=O) groups excluding carboxylic acids is 6. The Bertz CT molecular complexity index is 726. The Hall–Kier alpha value is -3.75. The summed E-state index contributed by atoms with van der Waals surface area (Å²) in [5.74, 6) is -7.31. The molecule has 0 fully saturated rings. The van der Waals surface area contributed by atoms with Crippen molar-refractivity contribution in [2.75, 3.05) is 0 Å². The highest BCUT2D eigenvalue weighted by Crippen LogP contribution is 1.98. The largest absolute Gasteiger partial charge is 0.480 e. The standard InChI is InChI=1S/C15H25N7O8/c1-5(12(26)22-8(15(29)30)4-11(19)25)20-14(28)7(3-10(18)24)21-13(27)6(16)2-9(17)23/h5-8H,2-4,16H2,1H3,(H2,17,23)(H2,18,24)(H2,19,25)(H,20,28)(H,21,27)(H,22,26)(H,29,30). The molecule has 168 valence electrons. The molecule has 0 bridgehead atoms. The number of hydrogen-bond acceptors (Lipinski definition) is 8. The van der Waals surface area contributed by atoms with Crippen LogP contribution in [0.25, 0.3) is 0 Å². The second-order valence-electron chi connectivity index (χ2n) is 6.31. The second-order valence-corrected chi connectivity index (χ2v) is 6.31. The lowest BCUT2D eigenvalue weighted by Crippen LogP contribution is -2.57. The van der Waals surface area contributed by atoms with Gasteiger partial charge in [0.05, 0.1) is 25.3 Å². The van der Waals surface area contributed by atoms with Crippen LogP contribution in [0.3, 0.4) is 0 Å². The predicted molar refractivity (Wildman–Crippen MR) is 98.5 cm³/mol. The van der Waals surface area contributed by atoms with Gasteiger partial charge in [-0.1, -0.05) is 0 Å². The minimum absolute atomic E-state index is 0.522. The summed E-state index contributed by atoms with van der Waals surface area (Å²) in [4.78, 5) is 80.3. The van der Waals surface area contributed by atoms with Crippen LogP contribution >= 0.6 is 0 Å². The van der Waals surface area contributed by atoms with Crippen molar-refractivity contribution in [2.24, 2.45) is 22.9 Å². The van der Waals surface area contributed by atoms with E-state index in [1.54, 1.807) is 0 Å². The van der Waals surface area contributed by atoms with Gasteiger partial charge in [-0.2, -0.15) is 0 Å². The van der Waals surface area contributed by atoms with E-state index in [0.717, 1.165) is 0 Å². The first kappa shape index (κ1) is 26.2. The molecule has 0 radical (unpaired) electrons. The van der Waals surface area contributed by atoms with Crippen LogP contribution in [0, 0.1) is 0 Å². The Morgan fingerprint density at radius 1 is 0.700 bits per heavy atom. The van der Waals surface area contributed by atoms with Crippen molar-refractivity contribution in [3.63, 3.8) is 0 Å². The van der Waals surface area contributed by atoms with Crippen LogP contribution in [0.5, 0.6) is 0 Å². The normalized spacial score (nSPS) is 14.3. The first-order chi connectivity index (χ1) is 13.7. The van der Waals surface area contributed by atoms with Gasteiger partial charge in [-0.25, -0.2) is 4.79 Å². The highest BCUT2D eigenvalue weighted by atomic mass is 16.4. The molecule has 0 heterocycles. The average molecular weight is 431 g/mol. The third-order valence-corrected chi connectivity index (χ3v) is 3.57. The molecule has 12 N–H and O–H groups in total. The van der Waals surface area contributed by atoms with E-state index < -0.39 is 84.8 Å². The van der Waals surface area contributed by atoms with Gasteiger partial charge in [0.2, 0.25) is 35.4 Å². The number of hydrogen-bond donors (Lipinski definition) is 8. The molecule has 6 amide bonds. The molecule has 15 heteroatoms. The third kappa shape index (κ3) is 9.98. The molecule has 0 aromatic carbocycles. The summed E-state index contributed by atoms with van der Waals surface area (Å²) >= 11 is 0. The van der Waals surface area contributed by atoms with Gasteiger partial charge >= 0.3 is 5.97 Å². The van der Waals surface area contributed by atoms with Crippen molar-refractivity contribution < 1.29 is 38.7 Å². The van der Waals surface area contributed by atoms with E-state index in [2.05, 4.69) is 10.6 Å². The molecule has 0 aliphatic carbocycles. The van der Waals surface area contributed by atoms with Crippen molar-refractivity contribution in [3.8, 4) is 0 Å². The Kier molecular flexibility index (Phi) is 10.5. The Morgan fingerprint density at radius 2 is 1.13 bits per heavy atom. The number of nitrogens with one attached hydrogen (secondary N) is 3. The fourth-order valence-corrected chi connectivity index (χ4v) is 2.08. The fourth-order valence-electron chi connectivity index (χ4n) is 2.08. The van der Waals surface area contributed by atoms with Crippen LogP contribution < -0.4 is 38.9 Å². The molecule has 4 unspecified atom stereocenters. The van der Waals surface area contributed by atoms with Gasteiger partial charge in [-0.15, -0.1) is 0 Å². The van der Waals surface area contributed by atoms with Gasteiger partial charge < -0.3 is 44.0 Å². The maximum absolute atomic E-state index is 12.3.